The summed E-state index contributed by atoms with van der Waals surface area (Å²) < 4.78 is 0. The molecule has 1 heterocycles. The molecular formula is C17H22N2O3. The monoisotopic (exact) mass is 302 g/mol. The average Bonchev–Trinajstić information content (AvgIpc) is 2.82. The van der Waals surface area contributed by atoms with Crippen LogP contribution in [0.15, 0.2) is 18.2 Å². The Balaban J connectivity index is 2.47. The quantitative estimate of drug-likeness (QED) is 0.792. The largest absolute Gasteiger partial charge is 0.477 e. The van der Waals surface area contributed by atoms with Crippen molar-refractivity contribution >= 4 is 22.8 Å². The summed E-state index contributed by atoms with van der Waals surface area (Å²) >= 11 is 0. The number of aromatic amines is 1. The number of rotatable bonds is 5. The molecule has 2 rings (SSSR count). The number of aromatic carboxylic acids is 1. The van der Waals surface area contributed by atoms with Crippen LogP contribution in [0.5, 0.6) is 0 Å². The second-order valence-corrected chi connectivity index (χ2v) is 6.12. The highest BCUT2D eigenvalue weighted by Crippen LogP contribution is 2.26. The van der Waals surface area contributed by atoms with Crippen LogP contribution < -0.4 is 5.32 Å². The molecule has 1 amide bonds. The van der Waals surface area contributed by atoms with E-state index in [1.807, 2.05) is 18.2 Å². The molecule has 5 nitrogen and oxygen atoms in total. The number of nitrogens with one attached hydrogen (secondary N) is 2. The van der Waals surface area contributed by atoms with Gasteiger partial charge in [-0.25, -0.2) is 4.79 Å². The fourth-order valence-electron chi connectivity index (χ4n) is 2.37. The number of aromatic nitrogens is 1. The Morgan fingerprint density at radius 2 is 1.91 bits per heavy atom. The Morgan fingerprint density at radius 3 is 2.45 bits per heavy atom. The highest BCUT2D eigenvalue weighted by Gasteiger charge is 2.18. The summed E-state index contributed by atoms with van der Waals surface area (Å²) in [6.45, 7) is 8.00. The number of benzene rings is 1. The van der Waals surface area contributed by atoms with Crippen LogP contribution in [0.4, 0.5) is 0 Å². The molecule has 0 radical (unpaired) electrons. The standard InChI is InChI=1S/C17H22N2O3/c1-9(2)11-5-6-14-12(7-11)13(15(19-14)17(21)22)8-18-16(20)10(3)4/h5-7,9-10,19H,8H2,1-4H3,(H,18,20)(H,21,22). The smallest absolute Gasteiger partial charge is 0.352 e. The Hall–Kier alpha value is -2.30. The minimum Gasteiger partial charge on any atom is -0.477 e. The number of hydrogen-bond acceptors (Lipinski definition) is 2. The van der Waals surface area contributed by atoms with Gasteiger partial charge in [0.05, 0.1) is 0 Å². The van der Waals surface area contributed by atoms with Crippen molar-refractivity contribution < 1.29 is 14.7 Å². The lowest BCUT2D eigenvalue weighted by Gasteiger charge is -2.09. The molecule has 0 aliphatic rings. The third-order valence-corrected chi connectivity index (χ3v) is 3.77. The second-order valence-electron chi connectivity index (χ2n) is 6.12. The summed E-state index contributed by atoms with van der Waals surface area (Å²) in [7, 11) is 0. The van der Waals surface area contributed by atoms with Gasteiger partial charge in [-0.2, -0.15) is 0 Å². The van der Waals surface area contributed by atoms with Crippen LogP contribution in [0, 0.1) is 5.92 Å². The zero-order chi connectivity index (χ0) is 16.4. The molecule has 1 aromatic heterocycles. The molecule has 118 valence electrons. The van der Waals surface area contributed by atoms with E-state index in [0.717, 1.165) is 16.5 Å². The van der Waals surface area contributed by atoms with Crippen LogP contribution >= 0.6 is 0 Å². The van der Waals surface area contributed by atoms with E-state index < -0.39 is 5.97 Å². The van der Waals surface area contributed by atoms with Gasteiger partial charge in [-0.05, 0) is 23.6 Å². The van der Waals surface area contributed by atoms with Crippen molar-refractivity contribution in [2.45, 2.75) is 40.2 Å². The zero-order valence-corrected chi connectivity index (χ0v) is 13.4. The number of carboxylic acid groups (broad SMARTS) is 1. The topological polar surface area (TPSA) is 82.2 Å². The molecule has 0 saturated heterocycles. The van der Waals surface area contributed by atoms with Gasteiger partial charge in [0, 0.05) is 28.9 Å². The van der Waals surface area contributed by atoms with Crippen LogP contribution in [-0.2, 0) is 11.3 Å². The van der Waals surface area contributed by atoms with E-state index in [0.29, 0.717) is 11.5 Å². The Morgan fingerprint density at radius 1 is 1.23 bits per heavy atom. The molecule has 0 aliphatic carbocycles. The number of hydrogen-bond donors (Lipinski definition) is 3. The first kappa shape index (κ1) is 16.1. The molecule has 0 bridgehead atoms. The van der Waals surface area contributed by atoms with Crippen LogP contribution in [-0.4, -0.2) is 22.0 Å². The van der Waals surface area contributed by atoms with Gasteiger partial charge in [0.2, 0.25) is 5.91 Å². The third kappa shape index (κ3) is 3.13. The Labute approximate surface area is 129 Å². The molecule has 5 heteroatoms. The van der Waals surface area contributed by atoms with E-state index in [-0.39, 0.29) is 24.1 Å². The summed E-state index contributed by atoms with van der Waals surface area (Å²) in [4.78, 5) is 26.1. The van der Waals surface area contributed by atoms with Crippen molar-refractivity contribution in [3.8, 4) is 0 Å². The molecule has 0 spiro atoms. The second kappa shape index (κ2) is 6.22. The molecular weight excluding hydrogens is 280 g/mol. The summed E-state index contributed by atoms with van der Waals surface area (Å²) in [6.07, 6.45) is 0. The van der Waals surface area contributed by atoms with Crippen molar-refractivity contribution in [1.29, 1.82) is 0 Å². The number of amides is 1. The highest BCUT2D eigenvalue weighted by atomic mass is 16.4. The van der Waals surface area contributed by atoms with Gasteiger partial charge in [0.1, 0.15) is 5.69 Å². The van der Waals surface area contributed by atoms with Crippen molar-refractivity contribution in [3.63, 3.8) is 0 Å². The lowest BCUT2D eigenvalue weighted by atomic mass is 10.00. The van der Waals surface area contributed by atoms with E-state index in [9.17, 15) is 14.7 Å². The summed E-state index contributed by atoms with van der Waals surface area (Å²) in [6, 6.07) is 5.89. The van der Waals surface area contributed by atoms with Crippen molar-refractivity contribution in [3.05, 3.63) is 35.0 Å². The number of carbonyl (C=O) groups excluding carboxylic acids is 1. The highest BCUT2D eigenvalue weighted by molar-refractivity contribution is 5.98. The van der Waals surface area contributed by atoms with Gasteiger partial charge in [0.15, 0.2) is 0 Å². The molecule has 0 atom stereocenters. The number of carbonyl (C=O) groups is 2. The van der Waals surface area contributed by atoms with Crippen molar-refractivity contribution in [2.75, 3.05) is 0 Å². The predicted octanol–water partition coefficient (Wildman–Crippen LogP) is 3.26. The zero-order valence-electron chi connectivity index (χ0n) is 13.4. The fraction of sp³-hybridized carbons (Fsp3) is 0.412. The van der Waals surface area contributed by atoms with Gasteiger partial charge in [-0.3, -0.25) is 4.79 Å². The van der Waals surface area contributed by atoms with Gasteiger partial charge in [-0.1, -0.05) is 33.8 Å². The molecule has 0 fully saturated rings. The van der Waals surface area contributed by atoms with E-state index in [2.05, 4.69) is 24.1 Å². The normalized spacial score (nSPS) is 11.4. The molecule has 1 aromatic carbocycles. The van der Waals surface area contributed by atoms with Crippen LogP contribution in [0.1, 0.15) is 55.2 Å². The van der Waals surface area contributed by atoms with E-state index in [1.165, 1.54) is 0 Å². The summed E-state index contributed by atoms with van der Waals surface area (Å²) in [5.74, 6) is -0.891. The fourth-order valence-corrected chi connectivity index (χ4v) is 2.37. The molecule has 0 aliphatic heterocycles. The average molecular weight is 302 g/mol. The van der Waals surface area contributed by atoms with Crippen LogP contribution in [0.25, 0.3) is 10.9 Å². The SMILES string of the molecule is CC(C)C(=O)NCc1c(C(=O)O)[nH]c2ccc(C(C)C)cc12. The maximum absolute atomic E-state index is 11.8. The van der Waals surface area contributed by atoms with E-state index in [4.69, 9.17) is 0 Å². The number of H-pyrrole nitrogens is 1. The van der Waals surface area contributed by atoms with Gasteiger partial charge in [-0.15, -0.1) is 0 Å². The Kier molecular flexibility index (Phi) is 4.54. The maximum atomic E-state index is 11.8. The molecule has 3 N–H and O–H groups in total. The third-order valence-electron chi connectivity index (χ3n) is 3.77. The summed E-state index contributed by atoms with van der Waals surface area (Å²) in [5.41, 5.74) is 2.68. The summed E-state index contributed by atoms with van der Waals surface area (Å²) in [5, 5.41) is 13.0. The van der Waals surface area contributed by atoms with Crippen molar-refractivity contribution in [1.82, 2.24) is 10.3 Å². The molecule has 0 saturated carbocycles. The lowest BCUT2D eigenvalue weighted by Crippen LogP contribution is -2.27. The van der Waals surface area contributed by atoms with E-state index in [1.54, 1.807) is 13.8 Å². The lowest BCUT2D eigenvalue weighted by molar-refractivity contribution is -0.124. The van der Waals surface area contributed by atoms with Gasteiger partial charge >= 0.3 is 5.97 Å². The van der Waals surface area contributed by atoms with E-state index >= 15 is 0 Å². The molecule has 0 unspecified atom stereocenters. The first-order chi connectivity index (χ1) is 10.3. The van der Waals surface area contributed by atoms with Crippen molar-refractivity contribution in [2.24, 2.45) is 5.92 Å². The van der Waals surface area contributed by atoms with Gasteiger partial charge in [0.25, 0.3) is 0 Å². The number of carboxylic acids is 1. The first-order valence-electron chi connectivity index (χ1n) is 7.46. The predicted molar refractivity (Wildman–Crippen MR) is 86.0 cm³/mol. The minimum absolute atomic E-state index is 0.0919. The van der Waals surface area contributed by atoms with Crippen LogP contribution in [0.3, 0.4) is 0 Å². The number of fused-ring (bicyclic) bond motifs is 1. The Bertz CT molecular complexity index is 714. The maximum Gasteiger partial charge on any atom is 0.352 e. The minimum atomic E-state index is -1.02. The van der Waals surface area contributed by atoms with Gasteiger partial charge < -0.3 is 15.4 Å². The molecule has 22 heavy (non-hydrogen) atoms. The molecule has 2 aromatic rings. The van der Waals surface area contributed by atoms with Crippen LogP contribution in [0.2, 0.25) is 0 Å². The first-order valence-corrected chi connectivity index (χ1v) is 7.46.